The summed E-state index contributed by atoms with van der Waals surface area (Å²) in [5.41, 5.74) is 3.13. The van der Waals surface area contributed by atoms with E-state index in [-0.39, 0.29) is 12.0 Å². The van der Waals surface area contributed by atoms with Crippen molar-refractivity contribution in [2.75, 3.05) is 11.9 Å². The van der Waals surface area contributed by atoms with E-state index >= 15 is 0 Å². The van der Waals surface area contributed by atoms with Crippen LogP contribution in [0.15, 0.2) is 18.2 Å². The second-order valence-corrected chi connectivity index (χ2v) is 6.50. The summed E-state index contributed by atoms with van der Waals surface area (Å²) in [7, 11) is 0. The van der Waals surface area contributed by atoms with E-state index in [4.69, 9.17) is 0 Å². The van der Waals surface area contributed by atoms with Crippen LogP contribution in [0.2, 0.25) is 0 Å². The van der Waals surface area contributed by atoms with E-state index in [9.17, 15) is 9.90 Å². The van der Waals surface area contributed by atoms with Gasteiger partial charge in [-0.05, 0) is 50.7 Å². The standard InChI is InChI=1S/C17H24N2O2/c1-11-4-3-5-12(2)17(11)18-16(21)10-19-13-6-7-14(19)9-15(20)8-13/h3-5,13-15,20H,6-10H2,1-2H3,(H,18,21). The third-order valence-electron chi connectivity index (χ3n) is 4.93. The van der Waals surface area contributed by atoms with E-state index in [0.717, 1.165) is 42.5 Å². The summed E-state index contributed by atoms with van der Waals surface area (Å²) in [6, 6.07) is 6.80. The lowest BCUT2D eigenvalue weighted by molar-refractivity contribution is -0.119. The zero-order valence-electron chi connectivity index (χ0n) is 12.8. The van der Waals surface area contributed by atoms with E-state index < -0.39 is 0 Å². The number of benzene rings is 1. The number of rotatable bonds is 3. The van der Waals surface area contributed by atoms with Crippen molar-refractivity contribution in [3.8, 4) is 0 Å². The molecule has 4 nitrogen and oxygen atoms in total. The number of aliphatic hydroxyl groups is 1. The Kier molecular flexibility index (Phi) is 4.00. The molecule has 2 fully saturated rings. The minimum Gasteiger partial charge on any atom is -0.393 e. The average molecular weight is 288 g/mol. The van der Waals surface area contributed by atoms with Gasteiger partial charge in [0.05, 0.1) is 12.6 Å². The van der Waals surface area contributed by atoms with Crippen molar-refractivity contribution in [3.05, 3.63) is 29.3 Å². The summed E-state index contributed by atoms with van der Waals surface area (Å²) in [4.78, 5) is 14.7. The monoisotopic (exact) mass is 288 g/mol. The number of hydrogen-bond donors (Lipinski definition) is 2. The first-order valence-electron chi connectivity index (χ1n) is 7.84. The number of anilines is 1. The van der Waals surface area contributed by atoms with Crippen LogP contribution in [0.3, 0.4) is 0 Å². The Labute approximate surface area is 126 Å². The molecule has 21 heavy (non-hydrogen) atoms. The van der Waals surface area contributed by atoms with Crippen molar-refractivity contribution >= 4 is 11.6 Å². The highest BCUT2D eigenvalue weighted by atomic mass is 16.3. The number of aliphatic hydroxyl groups excluding tert-OH is 1. The molecule has 2 aliphatic rings. The predicted molar refractivity (Wildman–Crippen MR) is 83.3 cm³/mol. The molecule has 1 aromatic rings. The molecule has 2 atom stereocenters. The Morgan fingerprint density at radius 2 is 1.81 bits per heavy atom. The number of amides is 1. The average Bonchev–Trinajstić information content (AvgIpc) is 2.67. The van der Waals surface area contributed by atoms with Gasteiger partial charge in [0, 0.05) is 17.8 Å². The minimum atomic E-state index is -0.180. The summed E-state index contributed by atoms with van der Waals surface area (Å²) >= 11 is 0. The molecule has 2 saturated heterocycles. The van der Waals surface area contributed by atoms with Crippen molar-refractivity contribution in [2.45, 2.75) is 57.7 Å². The Morgan fingerprint density at radius 1 is 1.24 bits per heavy atom. The molecular weight excluding hydrogens is 264 g/mol. The number of piperidine rings is 1. The zero-order valence-corrected chi connectivity index (χ0v) is 12.8. The van der Waals surface area contributed by atoms with Crippen LogP contribution in [-0.2, 0) is 4.79 Å². The fraction of sp³-hybridized carbons (Fsp3) is 0.588. The summed E-state index contributed by atoms with van der Waals surface area (Å²) in [5.74, 6) is 0.0562. The maximum Gasteiger partial charge on any atom is 0.238 e. The van der Waals surface area contributed by atoms with E-state index in [2.05, 4.69) is 10.2 Å². The van der Waals surface area contributed by atoms with Gasteiger partial charge in [-0.1, -0.05) is 18.2 Å². The molecule has 0 saturated carbocycles. The molecule has 0 aromatic heterocycles. The van der Waals surface area contributed by atoms with Crippen LogP contribution < -0.4 is 5.32 Å². The molecule has 0 aliphatic carbocycles. The molecule has 2 unspecified atom stereocenters. The first-order chi connectivity index (χ1) is 10.0. The number of aryl methyl sites for hydroxylation is 2. The van der Waals surface area contributed by atoms with Gasteiger partial charge in [0.1, 0.15) is 0 Å². The van der Waals surface area contributed by atoms with Gasteiger partial charge in [-0.15, -0.1) is 0 Å². The van der Waals surface area contributed by atoms with E-state index in [1.54, 1.807) is 0 Å². The Bertz CT molecular complexity index is 509. The highest BCUT2D eigenvalue weighted by Crippen LogP contribution is 2.35. The van der Waals surface area contributed by atoms with Crippen LogP contribution in [0, 0.1) is 13.8 Å². The number of fused-ring (bicyclic) bond motifs is 2. The largest absolute Gasteiger partial charge is 0.393 e. The van der Waals surface area contributed by atoms with Crippen molar-refractivity contribution < 1.29 is 9.90 Å². The summed E-state index contributed by atoms with van der Waals surface area (Å²) in [6.07, 6.45) is 3.66. The lowest BCUT2D eigenvalue weighted by Crippen LogP contribution is -2.47. The lowest BCUT2D eigenvalue weighted by Gasteiger charge is -2.36. The first-order valence-corrected chi connectivity index (χ1v) is 7.84. The third kappa shape index (κ3) is 2.97. The molecule has 0 radical (unpaired) electrons. The highest BCUT2D eigenvalue weighted by Gasteiger charge is 2.40. The number of hydrogen-bond acceptors (Lipinski definition) is 3. The summed E-state index contributed by atoms with van der Waals surface area (Å²) in [6.45, 7) is 4.48. The zero-order chi connectivity index (χ0) is 15.0. The van der Waals surface area contributed by atoms with Crippen LogP contribution in [-0.4, -0.2) is 40.6 Å². The molecule has 2 aliphatic heterocycles. The first kappa shape index (κ1) is 14.5. The highest BCUT2D eigenvalue weighted by molar-refractivity contribution is 5.93. The van der Waals surface area contributed by atoms with E-state index in [1.807, 2.05) is 32.0 Å². The Morgan fingerprint density at radius 3 is 2.38 bits per heavy atom. The van der Waals surface area contributed by atoms with Gasteiger partial charge in [-0.3, -0.25) is 9.69 Å². The summed E-state index contributed by atoms with van der Waals surface area (Å²) in [5, 5.41) is 12.9. The normalized spacial score (nSPS) is 28.6. The van der Waals surface area contributed by atoms with E-state index in [0.29, 0.717) is 18.6 Å². The number of nitrogens with one attached hydrogen (secondary N) is 1. The summed E-state index contributed by atoms with van der Waals surface area (Å²) < 4.78 is 0. The molecule has 2 heterocycles. The molecule has 0 spiro atoms. The van der Waals surface area contributed by atoms with Crippen LogP contribution in [0.1, 0.15) is 36.8 Å². The quantitative estimate of drug-likeness (QED) is 0.897. The molecule has 2 N–H and O–H groups in total. The van der Waals surface area contributed by atoms with Crippen LogP contribution >= 0.6 is 0 Å². The molecule has 114 valence electrons. The van der Waals surface area contributed by atoms with Gasteiger partial charge in [0.2, 0.25) is 5.91 Å². The van der Waals surface area contributed by atoms with Crippen LogP contribution in [0.4, 0.5) is 5.69 Å². The van der Waals surface area contributed by atoms with Crippen molar-refractivity contribution in [2.24, 2.45) is 0 Å². The smallest absolute Gasteiger partial charge is 0.238 e. The van der Waals surface area contributed by atoms with Gasteiger partial charge in [0.15, 0.2) is 0 Å². The van der Waals surface area contributed by atoms with Crippen molar-refractivity contribution in [1.29, 1.82) is 0 Å². The maximum atomic E-state index is 12.4. The van der Waals surface area contributed by atoms with Gasteiger partial charge in [-0.25, -0.2) is 0 Å². The van der Waals surface area contributed by atoms with Gasteiger partial charge < -0.3 is 10.4 Å². The molecule has 4 heteroatoms. The molecule has 3 rings (SSSR count). The maximum absolute atomic E-state index is 12.4. The predicted octanol–water partition coefficient (Wildman–Crippen LogP) is 2.23. The lowest BCUT2D eigenvalue weighted by atomic mass is 10.00. The third-order valence-corrected chi connectivity index (χ3v) is 4.93. The van der Waals surface area contributed by atoms with Crippen molar-refractivity contribution in [3.63, 3.8) is 0 Å². The Balaban J connectivity index is 1.65. The Hall–Kier alpha value is -1.39. The minimum absolute atomic E-state index is 0.0562. The molecule has 2 bridgehead atoms. The van der Waals surface area contributed by atoms with Gasteiger partial charge in [0.25, 0.3) is 0 Å². The number of nitrogens with zero attached hydrogens (tertiary/aromatic N) is 1. The number of carbonyl (C=O) groups is 1. The van der Waals surface area contributed by atoms with Gasteiger partial charge >= 0.3 is 0 Å². The van der Waals surface area contributed by atoms with E-state index in [1.165, 1.54) is 0 Å². The SMILES string of the molecule is Cc1cccc(C)c1NC(=O)CN1C2CCC1CC(O)C2. The van der Waals surface area contributed by atoms with Gasteiger partial charge in [-0.2, -0.15) is 0 Å². The molecule has 1 amide bonds. The topological polar surface area (TPSA) is 52.6 Å². The molecule has 1 aromatic carbocycles. The molecular formula is C17H24N2O2. The number of carbonyl (C=O) groups excluding carboxylic acids is 1. The fourth-order valence-corrected chi connectivity index (χ4v) is 3.86. The second-order valence-electron chi connectivity index (χ2n) is 6.50. The van der Waals surface area contributed by atoms with Crippen LogP contribution in [0.25, 0.3) is 0 Å². The fourth-order valence-electron chi connectivity index (χ4n) is 3.86. The van der Waals surface area contributed by atoms with Crippen molar-refractivity contribution in [1.82, 2.24) is 4.90 Å². The van der Waals surface area contributed by atoms with Crippen LogP contribution in [0.5, 0.6) is 0 Å². The number of para-hydroxylation sites is 1. The second kappa shape index (κ2) is 5.78.